The first-order valence-electron chi connectivity index (χ1n) is 6.69. The van der Waals surface area contributed by atoms with Crippen LogP contribution in [-0.2, 0) is 11.3 Å². The standard InChI is InChI=1S/C15H19N3O2/c1-3-8-18-10-13(9-16-18)20-11-15(19)17-14-7-5-4-6-12(14)2/h4-7,9-10H,3,8,11H2,1-2H3,(H,17,19). The number of hydrogen-bond donors (Lipinski definition) is 1. The second kappa shape index (κ2) is 6.75. The molecule has 1 aromatic carbocycles. The van der Waals surface area contributed by atoms with Crippen LogP contribution in [0.15, 0.2) is 36.7 Å². The van der Waals surface area contributed by atoms with Crippen LogP contribution in [0.25, 0.3) is 0 Å². The Labute approximate surface area is 118 Å². The number of aromatic nitrogens is 2. The van der Waals surface area contributed by atoms with Crippen LogP contribution in [0, 0.1) is 6.92 Å². The van der Waals surface area contributed by atoms with Gasteiger partial charge in [-0.2, -0.15) is 5.10 Å². The lowest BCUT2D eigenvalue weighted by atomic mass is 10.2. The Morgan fingerprint density at radius 2 is 2.20 bits per heavy atom. The Bertz CT molecular complexity index is 578. The number of carbonyl (C=O) groups excluding carboxylic acids is 1. The number of ether oxygens (including phenoxy) is 1. The highest BCUT2D eigenvalue weighted by atomic mass is 16.5. The molecule has 0 saturated heterocycles. The van der Waals surface area contributed by atoms with Gasteiger partial charge in [0, 0.05) is 12.2 Å². The fourth-order valence-corrected chi connectivity index (χ4v) is 1.82. The minimum absolute atomic E-state index is 0.0217. The summed E-state index contributed by atoms with van der Waals surface area (Å²) in [6.45, 7) is 4.86. The summed E-state index contributed by atoms with van der Waals surface area (Å²) < 4.78 is 7.21. The predicted molar refractivity (Wildman–Crippen MR) is 77.8 cm³/mol. The number of carbonyl (C=O) groups is 1. The molecule has 0 spiro atoms. The van der Waals surface area contributed by atoms with Crippen LogP contribution in [0.5, 0.6) is 5.75 Å². The first-order valence-corrected chi connectivity index (χ1v) is 6.69. The summed E-state index contributed by atoms with van der Waals surface area (Å²) in [5.74, 6) is 0.431. The summed E-state index contributed by atoms with van der Waals surface area (Å²) in [7, 11) is 0. The van der Waals surface area contributed by atoms with Gasteiger partial charge in [0.1, 0.15) is 0 Å². The zero-order chi connectivity index (χ0) is 14.4. The molecule has 106 valence electrons. The van der Waals surface area contributed by atoms with Crippen LogP contribution < -0.4 is 10.1 Å². The molecule has 1 N–H and O–H groups in total. The molecule has 0 radical (unpaired) electrons. The van der Waals surface area contributed by atoms with Crippen molar-refractivity contribution < 1.29 is 9.53 Å². The second-order valence-corrected chi connectivity index (χ2v) is 4.59. The molecule has 1 amide bonds. The average molecular weight is 273 g/mol. The summed E-state index contributed by atoms with van der Waals surface area (Å²) in [6.07, 6.45) is 4.43. The molecule has 0 aliphatic carbocycles. The summed E-state index contributed by atoms with van der Waals surface area (Å²) in [5.41, 5.74) is 1.83. The van der Waals surface area contributed by atoms with Gasteiger partial charge < -0.3 is 10.1 Å². The van der Waals surface area contributed by atoms with Crippen LogP contribution in [0.4, 0.5) is 5.69 Å². The number of aryl methyl sites for hydroxylation is 2. The van der Waals surface area contributed by atoms with Gasteiger partial charge in [0.15, 0.2) is 12.4 Å². The Hall–Kier alpha value is -2.30. The first-order chi connectivity index (χ1) is 9.69. The van der Waals surface area contributed by atoms with E-state index in [4.69, 9.17) is 4.74 Å². The average Bonchev–Trinajstić information content (AvgIpc) is 2.87. The molecule has 5 heteroatoms. The maximum atomic E-state index is 11.8. The molecule has 0 aliphatic heterocycles. The molecule has 0 bridgehead atoms. The van der Waals surface area contributed by atoms with Crippen molar-refractivity contribution in [3.8, 4) is 5.75 Å². The smallest absolute Gasteiger partial charge is 0.262 e. The van der Waals surface area contributed by atoms with E-state index in [0.29, 0.717) is 5.75 Å². The van der Waals surface area contributed by atoms with E-state index in [-0.39, 0.29) is 12.5 Å². The Kier molecular flexibility index (Phi) is 4.76. The van der Waals surface area contributed by atoms with Crippen LogP contribution in [-0.4, -0.2) is 22.3 Å². The third-order valence-electron chi connectivity index (χ3n) is 2.85. The number of para-hydroxylation sites is 1. The van der Waals surface area contributed by atoms with Gasteiger partial charge in [0.2, 0.25) is 0 Å². The summed E-state index contributed by atoms with van der Waals surface area (Å²) in [5, 5.41) is 6.96. The van der Waals surface area contributed by atoms with Gasteiger partial charge in [-0.25, -0.2) is 0 Å². The van der Waals surface area contributed by atoms with Crippen molar-refractivity contribution in [2.24, 2.45) is 0 Å². The normalized spacial score (nSPS) is 10.3. The predicted octanol–water partition coefficient (Wildman–Crippen LogP) is 2.62. The molecule has 0 unspecified atom stereocenters. The number of nitrogens with zero attached hydrogens (tertiary/aromatic N) is 2. The van der Waals surface area contributed by atoms with E-state index in [2.05, 4.69) is 17.3 Å². The largest absolute Gasteiger partial charge is 0.480 e. The zero-order valence-corrected chi connectivity index (χ0v) is 11.8. The van der Waals surface area contributed by atoms with Crippen molar-refractivity contribution in [3.05, 3.63) is 42.2 Å². The third kappa shape index (κ3) is 3.85. The number of benzene rings is 1. The van der Waals surface area contributed by atoms with Crippen molar-refractivity contribution in [2.45, 2.75) is 26.8 Å². The lowest BCUT2D eigenvalue weighted by Crippen LogP contribution is -2.20. The van der Waals surface area contributed by atoms with Crippen LogP contribution in [0.3, 0.4) is 0 Å². The molecular formula is C15H19N3O2. The van der Waals surface area contributed by atoms with Gasteiger partial charge in [0.05, 0.1) is 12.4 Å². The van der Waals surface area contributed by atoms with Crippen LogP contribution >= 0.6 is 0 Å². The molecule has 0 aliphatic rings. The monoisotopic (exact) mass is 273 g/mol. The first kappa shape index (κ1) is 14.1. The highest BCUT2D eigenvalue weighted by Gasteiger charge is 2.06. The van der Waals surface area contributed by atoms with E-state index in [9.17, 15) is 4.79 Å². The van der Waals surface area contributed by atoms with Crippen molar-refractivity contribution in [1.82, 2.24) is 9.78 Å². The Morgan fingerprint density at radius 3 is 2.95 bits per heavy atom. The van der Waals surface area contributed by atoms with Gasteiger partial charge >= 0.3 is 0 Å². The SMILES string of the molecule is CCCn1cc(OCC(=O)Nc2ccccc2C)cn1. The number of rotatable bonds is 6. The Balaban J connectivity index is 1.84. The van der Waals surface area contributed by atoms with Gasteiger partial charge in [-0.3, -0.25) is 9.48 Å². The van der Waals surface area contributed by atoms with Crippen molar-refractivity contribution in [2.75, 3.05) is 11.9 Å². The minimum Gasteiger partial charge on any atom is -0.480 e. The van der Waals surface area contributed by atoms with Gasteiger partial charge in [-0.1, -0.05) is 25.1 Å². The summed E-state index contributed by atoms with van der Waals surface area (Å²) in [6, 6.07) is 7.64. The maximum absolute atomic E-state index is 11.8. The highest BCUT2D eigenvalue weighted by Crippen LogP contribution is 2.13. The van der Waals surface area contributed by atoms with E-state index < -0.39 is 0 Å². The fraction of sp³-hybridized carbons (Fsp3) is 0.333. The summed E-state index contributed by atoms with van der Waals surface area (Å²) >= 11 is 0. The van der Waals surface area contributed by atoms with Crippen molar-refractivity contribution in [1.29, 1.82) is 0 Å². The quantitative estimate of drug-likeness (QED) is 0.880. The van der Waals surface area contributed by atoms with E-state index in [1.165, 1.54) is 0 Å². The van der Waals surface area contributed by atoms with E-state index in [0.717, 1.165) is 24.2 Å². The van der Waals surface area contributed by atoms with E-state index in [1.807, 2.05) is 31.2 Å². The van der Waals surface area contributed by atoms with Crippen LogP contribution in [0.2, 0.25) is 0 Å². The van der Waals surface area contributed by atoms with Crippen molar-refractivity contribution in [3.63, 3.8) is 0 Å². The minimum atomic E-state index is -0.178. The summed E-state index contributed by atoms with van der Waals surface area (Å²) in [4.78, 5) is 11.8. The number of amides is 1. The van der Waals surface area contributed by atoms with Crippen LogP contribution in [0.1, 0.15) is 18.9 Å². The molecule has 1 aromatic heterocycles. The third-order valence-corrected chi connectivity index (χ3v) is 2.85. The molecule has 20 heavy (non-hydrogen) atoms. The van der Waals surface area contributed by atoms with E-state index in [1.54, 1.807) is 17.1 Å². The van der Waals surface area contributed by atoms with Gasteiger partial charge in [-0.05, 0) is 25.0 Å². The topological polar surface area (TPSA) is 56.1 Å². The molecular weight excluding hydrogens is 254 g/mol. The van der Waals surface area contributed by atoms with Gasteiger partial charge in [-0.15, -0.1) is 0 Å². The lowest BCUT2D eigenvalue weighted by Gasteiger charge is -2.08. The zero-order valence-electron chi connectivity index (χ0n) is 11.8. The molecule has 0 fully saturated rings. The van der Waals surface area contributed by atoms with Gasteiger partial charge in [0.25, 0.3) is 5.91 Å². The molecule has 1 heterocycles. The Morgan fingerprint density at radius 1 is 1.40 bits per heavy atom. The highest BCUT2D eigenvalue weighted by molar-refractivity contribution is 5.92. The molecule has 0 saturated carbocycles. The van der Waals surface area contributed by atoms with Crippen molar-refractivity contribution >= 4 is 11.6 Å². The van der Waals surface area contributed by atoms with E-state index >= 15 is 0 Å². The molecule has 2 rings (SSSR count). The number of nitrogens with one attached hydrogen (secondary N) is 1. The number of anilines is 1. The molecule has 2 aromatic rings. The lowest BCUT2D eigenvalue weighted by molar-refractivity contribution is -0.118. The fourth-order valence-electron chi connectivity index (χ4n) is 1.82. The maximum Gasteiger partial charge on any atom is 0.262 e. The number of hydrogen-bond acceptors (Lipinski definition) is 3. The molecule has 5 nitrogen and oxygen atoms in total. The second-order valence-electron chi connectivity index (χ2n) is 4.59. The molecule has 0 atom stereocenters.